The Hall–Kier alpha value is -3.11. The van der Waals surface area contributed by atoms with Gasteiger partial charge in [0.1, 0.15) is 5.75 Å². The third-order valence-electron chi connectivity index (χ3n) is 5.69. The van der Waals surface area contributed by atoms with Crippen LogP contribution in [0.2, 0.25) is 0 Å². The first-order chi connectivity index (χ1) is 14.7. The van der Waals surface area contributed by atoms with Crippen molar-refractivity contribution in [2.75, 3.05) is 33.3 Å². The highest BCUT2D eigenvalue weighted by molar-refractivity contribution is 5.98. The average Bonchev–Trinajstić information content (AvgIpc) is 2.82. The van der Waals surface area contributed by atoms with Crippen LogP contribution in [0.15, 0.2) is 90.0 Å². The quantitative estimate of drug-likeness (QED) is 0.556. The fourth-order valence-electron chi connectivity index (χ4n) is 4.06. The minimum absolute atomic E-state index is 0.279. The van der Waals surface area contributed by atoms with Gasteiger partial charge in [0.2, 0.25) is 0 Å². The van der Waals surface area contributed by atoms with Crippen LogP contribution in [0.3, 0.4) is 0 Å². The second-order valence-electron chi connectivity index (χ2n) is 7.63. The van der Waals surface area contributed by atoms with E-state index in [1.165, 1.54) is 11.1 Å². The molecule has 0 atom stereocenters. The lowest BCUT2D eigenvalue weighted by molar-refractivity contribution is 0.112. The Bertz CT molecular complexity index is 907. The molecule has 3 aromatic rings. The summed E-state index contributed by atoms with van der Waals surface area (Å²) in [5.41, 5.74) is 4.85. The van der Waals surface area contributed by atoms with Crippen molar-refractivity contribution in [2.45, 2.75) is 13.0 Å². The molecule has 1 fully saturated rings. The minimum Gasteiger partial charge on any atom is -0.497 e. The molecular formula is C26H29N3O. The van der Waals surface area contributed by atoms with Crippen LogP contribution in [0.1, 0.15) is 29.7 Å². The first-order valence-electron chi connectivity index (χ1n) is 10.5. The molecule has 0 radical (unpaired) electrons. The Morgan fingerprint density at radius 2 is 1.30 bits per heavy atom. The van der Waals surface area contributed by atoms with Gasteiger partial charge in [0.15, 0.2) is 0 Å². The van der Waals surface area contributed by atoms with Crippen LogP contribution in [-0.4, -0.2) is 48.9 Å². The van der Waals surface area contributed by atoms with Crippen LogP contribution in [0.5, 0.6) is 5.75 Å². The molecule has 154 valence electrons. The number of piperazine rings is 1. The summed E-state index contributed by atoms with van der Waals surface area (Å²) >= 11 is 0. The van der Waals surface area contributed by atoms with Crippen LogP contribution in [0.4, 0.5) is 0 Å². The highest BCUT2D eigenvalue weighted by Crippen LogP contribution is 2.29. The fraction of sp³-hybridized carbons (Fsp3) is 0.269. The summed E-state index contributed by atoms with van der Waals surface area (Å²) in [6.07, 6.45) is 0. The molecule has 0 unspecified atom stereocenters. The lowest BCUT2D eigenvalue weighted by Gasteiger charge is -2.39. The molecule has 1 heterocycles. The molecule has 3 aromatic carbocycles. The topological polar surface area (TPSA) is 28.1 Å². The fourth-order valence-corrected chi connectivity index (χ4v) is 4.06. The number of hydrazone groups is 1. The molecule has 0 amide bonds. The molecule has 0 saturated carbocycles. The number of hydrogen-bond donors (Lipinski definition) is 0. The SMILES string of the molecule is COc1ccc(/C(C)=N\N2CCN(C(c3ccccc3)c3ccccc3)CC2)cc1. The smallest absolute Gasteiger partial charge is 0.118 e. The van der Waals surface area contributed by atoms with E-state index in [4.69, 9.17) is 9.84 Å². The van der Waals surface area contributed by atoms with Crippen LogP contribution in [0.25, 0.3) is 0 Å². The normalized spacial score (nSPS) is 15.4. The van der Waals surface area contributed by atoms with Crippen molar-refractivity contribution in [1.82, 2.24) is 9.91 Å². The monoisotopic (exact) mass is 399 g/mol. The number of ether oxygens (including phenoxy) is 1. The highest BCUT2D eigenvalue weighted by atomic mass is 16.5. The highest BCUT2D eigenvalue weighted by Gasteiger charge is 2.26. The standard InChI is InChI=1S/C26H29N3O/c1-21(22-13-15-25(30-2)16-14-22)27-29-19-17-28(18-20-29)26(23-9-5-3-6-10-23)24-11-7-4-8-12-24/h3-16,26H,17-20H2,1-2H3/b27-21-. The lowest BCUT2D eigenvalue weighted by atomic mass is 9.96. The zero-order valence-electron chi connectivity index (χ0n) is 17.7. The van der Waals surface area contributed by atoms with Crippen molar-refractivity contribution in [1.29, 1.82) is 0 Å². The molecule has 4 rings (SSSR count). The van der Waals surface area contributed by atoms with Gasteiger partial charge in [-0.2, -0.15) is 5.10 Å². The van der Waals surface area contributed by atoms with Crippen molar-refractivity contribution in [3.05, 3.63) is 102 Å². The maximum Gasteiger partial charge on any atom is 0.118 e. The maximum absolute atomic E-state index is 5.25. The summed E-state index contributed by atoms with van der Waals surface area (Å²) in [5, 5.41) is 7.08. The van der Waals surface area contributed by atoms with Crippen LogP contribution in [-0.2, 0) is 0 Å². The Morgan fingerprint density at radius 1 is 0.767 bits per heavy atom. The second-order valence-corrected chi connectivity index (χ2v) is 7.63. The summed E-state index contributed by atoms with van der Waals surface area (Å²) < 4.78 is 5.25. The number of methoxy groups -OCH3 is 1. The van der Waals surface area contributed by atoms with Gasteiger partial charge < -0.3 is 4.74 Å². The van der Waals surface area contributed by atoms with E-state index in [9.17, 15) is 0 Å². The van der Waals surface area contributed by atoms with Gasteiger partial charge in [-0.25, -0.2) is 0 Å². The van der Waals surface area contributed by atoms with E-state index < -0.39 is 0 Å². The molecule has 0 aliphatic carbocycles. The summed E-state index contributed by atoms with van der Waals surface area (Å²) in [4.78, 5) is 2.57. The van der Waals surface area contributed by atoms with Gasteiger partial charge in [-0.3, -0.25) is 9.91 Å². The summed E-state index contributed by atoms with van der Waals surface area (Å²) in [6, 6.07) is 30.0. The van der Waals surface area contributed by atoms with E-state index in [-0.39, 0.29) is 6.04 Å². The average molecular weight is 400 g/mol. The molecule has 0 bridgehead atoms. The number of rotatable bonds is 6. The van der Waals surface area contributed by atoms with Crippen molar-refractivity contribution < 1.29 is 4.74 Å². The largest absolute Gasteiger partial charge is 0.497 e. The first-order valence-corrected chi connectivity index (χ1v) is 10.5. The number of nitrogens with zero attached hydrogens (tertiary/aromatic N) is 3. The van der Waals surface area contributed by atoms with Crippen LogP contribution in [0, 0.1) is 0 Å². The molecule has 1 saturated heterocycles. The van der Waals surface area contributed by atoms with E-state index in [1.54, 1.807) is 7.11 Å². The van der Waals surface area contributed by atoms with Crippen molar-refractivity contribution >= 4 is 5.71 Å². The molecule has 1 aliphatic rings. The van der Waals surface area contributed by atoms with Crippen LogP contribution < -0.4 is 4.74 Å². The molecular weight excluding hydrogens is 370 g/mol. The van der Waals surface area contributed by atoms with E-state index in [0.29, 0.717) is 0 Å². The van der Waals surface area contributed by atoms with E-state index >= 15 is 0 Å². The Balaban J connectivity index is 1.46. The van der Waals surface area contributed by atoms with E-state index in [0.717, 1.165) is 43.2 Å². The van der Waals surface area contributed by atoms with Gasteiger partial charge in [0.25, 0.3) is 0 Å². The predicted molar refractivity (Wildman–Crippen MR) is 123 cm³/mol. The number of hydrogen-bond acceptors (Lipinski definition) is 4. The molecule has 1 aliphatic heterocycles. The van der Waals surface area contributed by atoms with Gasteiger partial charge in [-0.15, -0.1) is 0 Å². The van der Waals surface area contributed by atoms with Crippen molar-refractivity contribution in [3.8, 4) is 5.75 Å². The molecule has 30 heavy (non-hydrogen) atoms. The van der Waals surface area contributed by atoms with E-state index in [1.807, 2.05) is 12.1 Å². The Morgan fingerprint density at radius 3 is 1.80 bits per heavy atom. The van der Waals surface area contributed by atoms with Gasteiger partial charge in [-0.1, -0.05) is 60.7 Å². The second kappa shape index (κ2) is 9.59. The first kappa shape index (κ1) is 20.2. The van der Waals surface area contributed by atoms with Gasteiger partial charge in [-0.05, 0) is 47.9 Å². The van der Waals surface area contributed by atoms with Gasteiger partial charge in [0, 0.05) is 26.2 Å². The molecule has 4 nitrogen and oxygen atoms in total. The van der Waals surface area contributed by atoms with E-state index in [2.05, 4.69) is 89.6 Å². The predicted octanol–water partition coefficient (Wildman–Crippen LogP) is 4.83. The van der Waals surface area contributed by atoms with Crippen molar-refractivity contribution in [2.24, 2.45) is 5.10 Å². The molecule has 4 heteroatoms. The zero-order chi connectivity index (χ0) is 20.8. The molecule has 0 N–H and O–H groups in total. The third kappa shape index (κ3) is 4.71. The van der Waals surface area contributed by atoms with Gasteiger partial charge >= 0.3 is 0 Å². The lowest BCUT2D eigenvalue weighted by Crippen LogP contribution is -2.46. The summed E-state index contributed by atoms with van der Waals surface area (Å²) in [5.74, 6) is 0.869. The summed E-state index contributed by atoms with van der Waals surface area (Å²) in [6.45, 7) is 5.87. The van der Waals surface area contributed by atoms with Crippen LogP contribution >= 0.6 is 0 Å². The van der Waals surface area contributed by atoms with Gasteiger partial charge in [0.05, 0.1) is 18.9 Å². The number of benzene rings is 3. The molecule has 0 aromatic heterocycles. The third-order valence-corrected chi connectivity index (χ3v) is 5.69. The minimum atomic E-state index is 0.279. The summed E-state index contributed by atoms with van der Waals surface area (Å²) in [7, 11) is 1.69. The Labute approximate surface area is 179 Å². The Kier molecular flexibility index (Phi) is 6.45. The maximum atomic E-state index is 5.25. The van der Waals surface area contributed by atoms with Crippen molar-refractivity contribution in [3.63, 3.8) is 0 Å². The molecule has 0 spiro atoms. The zero-order valence-corrected chi connectivity index (χ0v) is 17.7.